The van der Waals surface area contributed by atoms with Crippen molar-refractivity contribution >= 4 is 16.6 Å². The van der Waals surface area contributed by atoms with Crippen LogP contribution in [0.15, 0.2) is 0 Å². The predicted octanol–water partition coefficient (Wildman–Crippen LogP) is 1.43. The van der Waals surface area contributed by atoms with Crippen molar-refractivity contribution in [2.24, 2.45) is 0 Å². The summed E-state index contributed by atoms with van der Waals surface area (Å²) in [5.41, 5.74) is 0. The molecule has 10 heteroatoms. The Hall–Kier alpha value is -0.870. The van der Waals surface area contributed by atoms with Gasteiger partial charge in [-0.05, 0) is 18.6 Å². The second kappa shape index (κ2) is 9.11. The Morgan fingerprint density at radius 3 is 1.94 bits per heavy atom. The molecule has 0 aliphatic rings. The number of hydrogen-bond acceptors (Lipinski definition) is 5. The zero-order chi connectivity index (χ0) is 14.8. The van der Waals surface area contributed by atoms with E-state index < -0.39 is 16.8 Å². The van der Waals surface area contributed by atoms with Gasteiger partial charge in [-0.1, -0.05) is 6.92 Å². The molecule has 0 heterocycles. The molecule has 0 saturated carbocycles. The van der Waals surface area contributed by atoms with Gasteiger partial charge in [0.1, 0.15) is 0 Å². The number of hydroxylamine groups is 1. The van der Waals surface area contributed by atoms with E-state index in [2.05, 4.69) is 13.8 Å². The fraction of sp³-hybridized carbons (Fsp3) is 0.875. The lowest BCUT2D eigenvalue weighted by atomic mass is 10.5. The van der Waals surface area contributed by atoms with E-state index in [9.17, 15) is 13.2 Å². The summed E-state index contributed by atoms with van der Waals surface area (Å²) in [6, 6.07) is 0. The summed E-state index contributed by atoms with van der Waals surface area (Å²) in [6.45, 7) is 7.85. The van der Waals surface area contributed by atoms with Gasteiger partial charge in [0.05, 0.1) is 0 Å². The number of alkyl halides is 3. The first-order valence-corrected chi connectivity index (χ1v) is 6.35. The Bertz CT molecular complexity index is 339. The zero-order valence-electron chi connectivity index (χ0n) is 10.2. The normalized spacial score (nSPS) is 12.7. The molecule has 0 aromatic rings. The molecule has 0 N–H and O–H groups in total. The van der Waals surface area contributed by atoms with Crippen LogP contribution in [0.2, 0.25) is 0 Å². The molecule has 0 fully saturated rings. The predicted molar refractivity (Wildman–Crippen MR) is 55.6 cm³/mol. The molecule has 0 radical (unpaired) electrons. The van der Waals surface area contributed by atoms with Crippen molar-refractivity contribution in [1.29, 1.82) is 0 Å². The van der Waals surface area contributed by atoms with E-state index in [0.717, 1.165) is 19.6 Å². The minimum atomic E-state index is -5.66. The van der Waals surface area contributed by atoms with E-state index in [1.54, 1.807) is 0 Å². The third kappa shape index (κ3) is 17.5. The van der Waals surface area contributed by atoms with Crippen LogP contribution >= 0.6 is 0 Å². The van der Waals surface area contributed by atoms with E-state index in [-0.39, 0.29) is 0 Å². The minimum Gasteiger partial charge on any atom is -0.725 e. The van der Waals surface area contributed by atoms with Gasteiger partial charge >= 0.3 is 6.36 Å². The average molecular weight is 295 g/mol. The highest BCUT2D eigenvalue weighted by Gasteiger charge is 2.32. The molecule has 0 bridgehead atoms. The van der Waals surface area contributed by atoms with E-state index in [1.165, 1.54) is 0 Å². The van der Waals surface area contributed by atoms with Gasteiger partial charge in [-0.2, -0.15) is 4.18 Å². The maximum atomic E-state index is 10.8. The monoisotopic (exact) mass is 295 g/mol. The first kappa shape index (κ1) is 19.5. The van der Waals surface area contributed by atoms with E-state index in [1.807, 2.05) is 22.1 Å². The van der Waals surface area contributed by atoms with Crippen LogP contribution in [-0.2, 0) is 19.4 Å². The van der Waals surface area contributed by atoms with Gasteiger partial charge in [-0.25, -0.2) is 8.42 Å². The lowest BCUT2D eigenvalue weighted by molar-refractivity contribution is -0.782. The zero-order valence-corrected chi connectivity index (χ0v) is 11.0. The van der Waals surface area contributed by atoms with Gasteiger partial charge in [-0.15, -0.1) is 13.2 Å². The van der Waals surface area contributed by atoms with E-state index in [4.69, 9.17) is 17.8 Å². The molecule has 0 aliphatic heterocycles. The van der Waals surface area contributed by atoms with Crippen molar-refractivity contribution in [3.63, 3.8) is 0 Å². The Labute approximate surface area is 104 Å². The summed E-state index contributed by atoms with van der Waals surface area (Å²) in [6.07, 6.45) is -2.34. The van der Waals surface area contributed by atoms with Crippen LogP contribution in [0.5, 0.6) is 0 Å². The Kier molecular flexibility index (Phi) is 9.86. The molecule has 18 heavy (non-hydrogen) atoms. The van der Waals surface area contributed by atoms with Crippen molar-refractivity contribution in [1.82, 2.24) is 0 Å². The van der Waals surface area contributed by atoms with Gasteiger partial charge in [0.25, 0.3) is 0 Å². The summed E-state index contributed by atoms with van der Waals surface area (Å²) < 4.78 is 63.6. The summed E-state index contributed by atoms with van der Waals surface area (Å²) in [5.74, 6) is 0. The first-order valence-electron chi connectivity index (χ1n) is 5.01. The van der Waals surface area contributed by atoms with Crippen molar-refractivity contribution in [3.8, 4) is 0 Å². The molecule has 0 rings (SSSR count). The molecule has 0 spiro atoms. The quantitative estimate of drug-likeness (QED) is 0.252. The van der Waals surface area contributed by atoms with Crippen LogP contribution in [-0.4, -0.2) is 43.4 Å². The summed E-state index contributed by atoms with van der Waals surface area (Å²) >= 11 is 0. The Balaban J connectivity index is 0. The topological polar surface area (TPSA) is 78.7 Å². The van der Waals surface area contributed by atoms with Crippen LogP contribution in [0, 0.1) is 0 Å². The molecule has 0 unspecified atom stereocenters. The third-order valence-electron chi connectivity index (χ3n) is 1.19. The number of rotatable bonds is 5. The molecular formula is C8H16F3NO5S. The molecule has 0 aromatic heterocycles. The maximum Gasteiger partial charge on any atom is 0.536 e. The van der Waals surface area contributed by atoms with Gasteiger partial charge in [0.2, 0.25) is 10.4 Å². The minimum absolute atomic E-state index is 0.754. The Morgan fingerprint density at radius 1 is 1.28 bits per heavy atom. The highest BCUT2D eigenvalue weighted by atomic mass is 32.3. The average Bonchev–Trinajstić information content (AvgIpc) is 2.12. The molecule has 0 aromatic carbocycles. The van der Waals surface area contributed by atoms with E-state index >= 15 is 0 Å². The van der Waals surface area contributed by atoms with Crippen molar-refractivity contribution in [2.75, 3.05) is 13.2 Å². The first-order chi connectivity index (χ1) is 8.05. The maximum absolute atomic E-state index is 10.8. The van der Waals surface area contributed by atoms with Crippen molar-refractivity contribution in [2.45, 2.75) is 33.6 Å². The molecule has 6 nitrogen and oxygen atoms in total. The molecule has 0 atom stereocenters. The molecular weight excluding hydrogens is 279 g/mol. The van der Waals surface area contributed by atoms with E-state index in [0.29, 0.717) is 0 Å². The fourth-order valence-electron chi connectivity index (χ4n) is 0.758. The number of nitrogens with zero attached hydrogens (tertiary/aromatic N) is 1. The second-order valence-electron chi connectivity index (χ2n) is 2.68. The second-order valence-corrected chi connectivity index (χ2v) is 3.66. The van der Waals surface area contributed by atoms with Crippen LogP contribution in [0.25, 0.3) is 0 Å². The van der Waals surface area contributed by atoms with Crippen molar-refractivity contribution in [3.05, 3.63) is 0 Å². The van der Waals surface area contributed by atoms with Gasteiger partial charge < -0.3 is 4.55 Å². The highest BCUT2D eigenvalue weighted by Crippen LogP contribution is 2.17. The molecule has 0 saturated heterocycles. The molecule has 0 amide bonds. The molecule has 110 valence electrons. The smallest absolute Gasteiger partial charge is 0.536 e. The van der Waals surface area contributed by atoms with Gasteiger partial charge in [0.15, 0.2) is 19.4 Å². The van der Waals surface area contributed by atoms with Crippen molar-refractivity contribution < 1.29 is 39.9 Å². The summed E-state index contributed by atoms with van der Waals surface area (Å²) in [4.78, 5) is 5.21. The van der Waals surface area contributed by atoms with Gasteiger partial charge in [0, 0.05) is 6.42 Å². The van der Waals surface area contributed by atoms with Crippen LogP contribution in [0.1, 0.15) is 27.2 Å². The summed E-state index contributed by atoms with van der Waals surface area (Å²) in [5, 5.41) is 0. The highest BCUT2D eigenvalue weighted by molar-refractivity contribution is 7.80. The van der Waals surface area contributed by atoms with Crippen LogP contribution in [0.3, 0.4) is 0 Å². The SMILES string of the molecule is CCC=[N+](CC)OCC.O=S(=O)([O-])OC(F)(F)F. The lowest BCUT2D eigenvalue weighted by Gasteiger charge is -2.08. The lowest BCUT2D eigenvalue weighted by Crippen LogP contribution is -2.18. The fourth-order valence-corrected chi connectivity index (χ4v) is 0.990. The molecule has 0 aliphatic carbocycles. The van der Waals surface area contributed by atoms with Gasteiger partial charge in [-0.3, -0.25) is 4.84 Å². The number of hydrogen-bond donors (Lipinski definition) is 0. The van der Waals surface area contributed by atoms with Crippen LogP contribution < -0.4 is 0 Å². The number of halogens is 3. The largest absolute Gasteiger partial charge is 0.725 e. The third-order valence-corrected chi connectivity index (χ3v) is 1.58. The standard InChI is InChI=1S/C7H16NO.CHF3O4S/c1-4-7-8(5-2)9-6-3;2-1(3,4)8-9(5,6)7/h7H,4-6H2,1-3H3;(H,5,6,7)/q+1;/p-1. The van der Waals surface area contributed by atoms with Crippen LogP contribution in [0.4, 0.5) is 13.2 Å². The Morgan fingerprint density at radius 2 is 1.78 bits per heavy atom. The summed E-state index contributed by atoms with van der Waals surface area (Å²) in [7, 11) is -5.66.